The van der Waals surface area contributed by atoms with Gasteiger partial charge in [0.1, 0.15) is 5.75 Å². The normalized spacial score (nSPS) is 10.1. The van der Waals surface area contributed by atoms with Crippen LogP contribution in [0.15, 0.2) is 98.6 Å². The largest absolute Gasteiger partial charge is 0.457 e. The molecule has 0 N–H and O–H groups in total. The van der Waals surface area contributed by atoms with Gasteiger partial charge in [0.2, 0.25) is 20.4 Å². The van der Waals surface area contributed by atoms with E-state index in [2.05, 4.69) is 19.7 Å². The van der Waals surface area contributed by atoms with E-state index < -0.39 is 43.3 Å². The Morgan fingerprint density at radius 2 is 1.16 bits per heavy atom. The van der Waals surface area contributed by atoms with Crippen LogP contribution in [-0.2, 0) is 39.8 Å². The fraction of sp³-hybridized carbons (Fsp3) is 0.152. The second-order valence-electron chi connectivity index (χ2n) is 8.71. The number of hydrogen-bond donors (Lipinski definition) is 0. The second kappa shape index (κ2) is 17.3. The average Bonchev–Trinajstić information content (AvgIpc) is 3.05. The topological polar surface area (TPSA) is 133 Å². The van der Waals surface area contributed by atoms with Crippen molar-refractivity contribution in [2.75, 3.05) is 20.4 Å². The third kappa shape index (κ3) is 11.0. The van der Waals surface area contributed by atoms with E-state index in [0.29, 0.717) is 22.4 Å². The molecule has 11 nitrogen and oxygen atoms in total. The molecule has 3 rings (SSSR count). The molecule has 0 radical (unpaired) electrons. The highest BCUT2D eigenvalue weighted by Gasteiger charge is 2.14. The molecule has 0 unspecified atom stereocenters. The van der Waals surface area contributed by atoms with E-state index in [9.17, 15) is 23.6 Å². The van der Waals surface area contributed by atoms with Gasteiger partial charge in [0, 0.05) is 24.6 Å². The van der Waals surface area contributed by atoms with Crippen molar-refractivity contribution in [1.82, 2.24) is 0 Å². The smallest absolute Gasteiger partial charge is 0.333 e. The van der Waals surface area contributed by atoms with Crippen LogP contribution >= 0.6 is 0 Å². The maximum Gasteiger partial charge on any atom is 0.333 e. The maximum absolute atomic E-state index is 14.8. The van der Waals surface area contributed by atoms with Crippen molar-refractivity contribution in [3.63, 3.8) is 0 Å². The predicted octanol–water partition coefficient (Wildman–Crippen LogP) is 5.23. The van der Waals surface area contributed by atoms with Gasteiger partial charge in [-0.05, 0) is 59.5 Å². The number of benzene rings is 3. The lowest BCUT2D eigenvalue weighted by atomic mass is 10.1. The van der Waals surface area contributed by atoms with E-state index in [1.54, 1.807) is 42.5 Å². The summed E-state index contributed by atoms with van der Waals surface area (Å²) >= 11 is 0. The van der Waals surface area contributed by atoms with Crippen LogP contribution < -0.4 is 18.9 Å². The zero-order valence-corrected chi connectivity index (χ0v) is 24.0. The van der Waals surface area contributed by atoms with Crippen LogP contribution in [0, 0.1) is 5.82 Å². The van der Waals surface area contributed by atoms with Crippen LogP contribution in [0.5, 0.6) is 23.0 Å². The number of esters is 4. The lowest BCUT2D eigenvalue weighted by molar-refractivity contribution is -0.146. The van der Waals surface area contributed by atoms with Gasteiger partial charge in [-0.1, -0.05) is 44.0 Å². The molecule has 3 aromatic carbocycles. The van der Waals surface area contributed by atoms with Crippen molar-refractivity contribution in [3.05, 3.63) is 110 Å². The van der Waals surface area contributed by atoms with Crippen molar-refractivity contribution in [2.24, 2.45) is 0 Å². The molecule has 45 heavy (non-hydrogen) atoms. The third-order valence-electron chi connectivity index (χ3n) is 5.73. The van der Waals surface area contributed by atoms with Gasteiger partial charge in [0.15, 0.2) is 23.1 Å². The Hall–Kier alpha value is -5.91. The first-order chi connectivity index (χ1) is 21.7. The fourth-order valence-corrected chi connectivity index (χ4v) is 3.50. The highest BCUT2D eigenvalue weighted by molar-refractivity contribution is 5.81. The summed E-state index contributed by atoms with van der Waals surface area (Å²) in [7, 11) is 0. The first-order valence-corrected chi connectivity index (χ1v) is 13.2. The van der Waals surface area contributed by atoms with Crippen molar-refractivity contribution in [2.45, 2.75) is 12.8 Å². The van der Waals surface area contributed by atoms with E-state index in [1.807, 2.05) is 0 Å². The number of halogens is 1. The predicted molar refractivity (Wildman–Crippen MR) is 158 cm³/mol. The first-order valence-electron chi connectivity index (χ1n) is 13.2. The zero-order valence-electron chi connectivity index (χ0n) is 24.0. The first kappa shape index (κ1) is 33.6. The molecule has 0 aliphatic carbocycles. The van der Waals surface area contributed by atoms with Crippen molar-refractivity contribution in [3.8, 4) is 34.1 Å². The molecule has 0 aliphatic rings. The minimum absolute atomic E-state index is 0.104. The molecule has 0 amide bonds. The Balaban J connectivity index is 1.58. The molecule has 0 spiro atoms. The van der Waals surface area contributed by atoms with Crippen molar-refractivity contribution >= 4 is 23.9 Å². The molecule has 3 aromatic rings. The van der Waals surface area contributed by atoms with Crippen LogP contribution in [0.2, 0.25) is 0 Å². The van der Waals surface area contributed by atoms with Gasteiger partial charge in [-0.25, -0.2) is 18.8 Å². The summed E-state index contributed by atoms with van der Waals surface area (Å²) in [6, 6.07) is 15.5. The number of rotatable bonds is 17. The van der Waals surface area contributed by atoms with Crippen LogP contribution in [0.4, 0.5) is 4.39 Å². The maximum atomic E-state index is 14.8. The summed E-state index contributed by atoms with van der Waals surface area (Å²) in [6.07, 6.45) is 3.05. The Kier molecular flexibility index (Phi) is 12.9. The van der Waals surface area contributed by atoms with Crippen LogP contribution in [0.3, 0.4) is 0 Å². The van der Waals surface area contributed by atoms with Gasteiger partial charge in [0.25, 0.3) is 0 Å². The second-order valence-corrected chi connectivity index (χ2v) is 8.71. The average molecular weight is 621 g/mol. The number of ether oxygens (including phenoxy) is 7. The lowest BCUT2D eigenvalue weighted by Crippen LogP contribution is -2.12. The summed E-state index contributed by atoms with van der Waals surface area (Å²) in [5.41, 5.74) is 1.82. The minimum Gasteiger partial charge on any atom is -0.457 e. The Bertz CT molecular complexity index is 1550. The minimum atomic E-state index is -0.735. The van der Waals surface area contributed by atoms with E-state index in [0.717, 1.165) is 18.2 Å². The summed E-state index contributed by atoms with van der Waals surface area (Å²) in [4.78, 5) is 46.2. The van der Waals surface area contributed by atoms with E-state index in [-0.39, 0.29) is 36.9 Å². The van der Waals surface area contributed by atoms with E-state index in [1.165, 1.54) is 18.2 Å². The molecule has 0 atom stereocenters. The van der Waals surface area contributed by atoms with E-state index in [4.69, 9.17) is 33.2 Å². The molecule has 0 heterocycles. The summed E-state index contributed by atoms with van der Waals surface area (Å²) in [5.74, 6) is -2.91. The van der Waals surface area contributed by atoms with Gasteiger partial charge in [-0.2, -0.15) is 0 Å². The zero-order chi connectivity index (χ0) is 32.6. The quantitative estimate of drug-likeness (QED) is 0.0646. The van der Waals surface area contributed by atoms with Gasteiger partial charge >= 0.3 is 23.9 Å². The van der Waals surface area contributed by atoms with Gasteiger partial charge in [-0.3, -0.25) is 4.79 Å². The van der Waals surface area contributed by atoms with Crippen molar-refractivity contribution < 1.29 is 56.7 Å². The fourth-order valence-electron chi connectivity index (χ4n) is 3.50. The lowest BCUT2D eigenvalue weighted by Gasteiger charge is -2.14. The molecule has 234 valence electrons. The van der Waals surface area contributed by atoms with Gasteiger partial charge < -0.3 is 33.2 Å². The summed E-state index contributed by atoms with van der Waals surface area (Å²) in [6.45, 7) is 8.71. The molecule has 0 fully saturated rings. The number of carbonyl (C=O) groups is 4. The Morgan fingerprint density at radius 3 is 1.73 bits per heavy atom. The van der Waals surface area contributed by atoms with E-state index >= 15 is 0 Å². The van der Waals surface area contributed by atoms with Crippen LogP contribution in [0.1, 0.15) is 12.0 Å². The van der Waals surface area contributed by atoms with Gasteiger partial charge in [0.05, 0.1) is 0 Å². The standard InChI is InChI=1S/C33H29FO11/c1-4-30(35)42-19-39-25-12-9-23(10-13-25)24-11-15-27(26(34)18-24)45-33(38)16-8-22-7-14-28(40-20-43-31(36)5-2)29(17-22)41-21-44-32(37)6-3/h4-7,9-15,17-18H,1-3,8,16,19-21H2. The molecular weight excluding hydrogens is 591 g/mol. The monoisotopic (exact) mass is 620 g/mol. The highest BCUT2D eigenvalue weighted by atomic mass is 19.1. The SMILES string of the molecule is C=CC(=O)OCOc1ccc(-c2ccc(OC(=O)CCc3ccc(OCOC(=O)C=C)c(OCOC(=O)C=C)c3)c(F)c2)cc1. The number of hydrogen-bond acceptors (Lipinski definition) is 11. The molecule has 0 aromatic heterocycles. The van der Waals surface area contributed by atoms with Gasteiger partial charge in [-0.15, -0.1) is 0 Å². The molecule has 0 aliphatic heterocycles. The third-order valence-corrected chi connectivity index (χ3v) is 5.73. The molecule has 0 saturated heterocycles. The van der Waals surface area contributed by atoms with Crippen LogP contribution in [-0.4, -0.2) is 44.3 Å². The highest BCUT2D eigenvalue weighted by Crippen LogP contribution is 2.30. The summed E-state index contributed by atoms with van der Waals surface area (Å²) in [5, 5.41) is 0. The summed E-state index contributed by atoms with van der Waals surface area (Å²) < 4.78 is 50.6. The molecule has 12 heteroatoms. The Labute approximate surface area is 258 Å². The number of carbonyl (C=O) groups excluding carboxylic acids is 4. The Morgan fingerprint density at radius 1 is 0.622 bits per heavy atom. The molecule has 0 bridgehead atoms. The molecular formula is C33H29FO11. The number of aryl methyl sites for hydroxylation is 1. The van der Waals surface area contributed by atoms with Crippen LogP contribution in [0.25, 0.3) is 11.1 Å². The molecule has 0 saturated carbocycles. The van der Waals surface area contributed by atoms with Crippen molar-refractivity contribution in [1.29, 1.82) is 0 Å².